The molecule has 0 saturated carbocycles. The summed E-state index contributed by atoms with van der Waals surface area (Å²) in [5, 5.41) is 0.675. The molecule has 28 heavy (non-hydrogen) atoms. The van der Waals surface area contributed by atoms with E-state index in [1.54, 1.807) is 11.0 Å². The molecule has 4 rings (SSSR count). The minimum Gasteiger partial charge on any atom is -0.269 e. The molecule has 4 aromatic rings. The van der Waals surface area contributed by atoms with Gasteiger partial charge in [0, 0.05) is 6.08 Å². The number of carbonyl (C=O) groups is 1. The highest BCUT2D eigenvalue weighted by molar-refractivity contribution is 7.22. The third kappa shape index (κ3) is 3.87. The Morgan fingerprint density at radius 3 is 2.32 bits per heavy atom. The van der Waals surface area contributed by atoms with Gasteiger partial charge in [-0.05, 0) is 60.9 Å². The SMILES string of the molecule is Cc1cc(C)cc(N(C(=O)/C=C/c2ccccc2)c2nc3ccccc3s2)c1. The molecule has 4 heteroatoms. The molecule has 0 bridgehead atoms. The predicted octanol–water partition coefficient (Wildman–Crippen LogP) is 6.29. The van der Waals surface area contributed by atoms with Gasteiger partial charge in [0.25, 0.3) is 5.91 Å². The van der Waals surface area contributed by atoms with Crippen LogP contribution in [0.5, 0.6) is 0 Å². The number of aromatic nitrogens is 1. The maximum absolute atomic E-state index is 13.2. The number of fused-ring (bicyclic) bond motifs is 1. The zero-order valence-electron chi connectivity index (χ0n) is 15.8. The second-order valence-corrected chi connectivity index (χ2v) is 7.74. The van der Waals surface area contributed by atoms with Crippen LogP contribution in [-0.4, -0.2) is 10.9 Å². The first-order chi connectivity index (χ1) is 13.6. The van der Waals surface area contributed by atoms with E-state index in [9.17, 15) is 4.79 Å². The average Bonchev–Trinajstić information content (AvgIpc) is 3.10. The highest BCUT2D eigenvalue weighted by atomic mass is 32.1. The maximum Gasteiger partial charge on any atom is 0.257 e. The molecular formula is C24H20N2OS. The van der Waals surface area contributed by atoms with Crippen molar-refractivity contribution < 1.29 is 4.79 Å². The van der Waals surface area contributed by atoms with Gasteiger partial charge < -0.3 is 0 Å². The Labute approximate surface area is 168 Å². The number of thiazole rings is 1. The predicted molar refractivity (Wildman–Crippen MR) is 118 cm³/mol. The molecule has 138 valence electrons. The number of aryl methyl sites for hydroxylation is 2. The maximum atomic E-state index is 13.2. The number of hydrogen-bond donors (Lipinski definition) is 0. The number of nitrogens with zero attached hydrogens (tertiary/aromatic N) is 2. The lowest BCUT2D eigenvalue weighted by molar-refractivity contribution is -0.113. The van der Waals surface area contributed by atoms with Crippen LogP contribution in [0.4, 0.5) is 10.8 Å². The summed E-state index contributed by atoms with van der Waals surface area (Å²) >= 11 is 1.52. The molecule has 0 aliphatic carbocycles. The number of amides is 1. The lowest BCUT2D eigenvalue weighted by Crippen LogP contribution is -2.23. The van der Waals surface area contributed by atoms with Crippen molar-refractivity contribution >= 4 is 44.4 Å². The molecule has 0 spiro atoms. The van der Waals surface area contributed by atoms with Crippen LogP contribution >= 0.6 is 11.3 Å². The van der Waals surface area contributed by atoms with Gasteiger partial charge in [0.05, 0.1) is 15.9 Å². The smallest absolute Gasteiger partial charge is 0.257 e. The summed E-state index contributed by atoms with van der Waals surface area (Å²) in [7, 11) is 0. The molecule has 0 saturated heterocycles. The molecule has 0 radical (unpaired) electrons. The van der Waals surface area contributed by atoms with Gasteiger partial charge in [-0.2, -0.15) is 0 Å². The molecule has 0 aliphatic rings. The standard InChI is InChI=1S/C24H20N2OS/c1-17-14-18(2)16-20(15-17)26(23(27)13-12-19-8-4-3-5-9-19)24-25-21-10-6-7-11-22(21)28-24/h3-16H,1-2H3/b13-12+. The van der Waals surface area contributed by atoms with Gasteiger partial charge in [0.1, 0.15) is 0 Å². The third-order valence-corrected chi connectivity index (χ3v) is 5.40. The Bertz CT molecular complexity index is 1110. The Balaban J connectivity index is 1.78. The van der Waals surface area contributed by atoms with Crippen LogP contribution in [0.2, 0.25) is 0 Å². The van der Waals surface area contributed by atoms with Gasteiger partial charge in [-0.15, -0.1) is 0 Å². The van der Waals surface area contributed by atoms with Crippen LogP contribution < -0.4 is 4.90 Å². The number of para-hydroxylation sites is 1. The summed E-state index contributed by atoms with van der Waals surface area (Å²) in [6, 6.07) is 23.9. The van der Waals surface area contributed by atoms with Gasteiger partial charge in [-0.3, -0.25) is 9.69 Å². The van der Waals surface area contributed by atoms with E-state index >= 15 is 0 Å². The van der Waals surface area contributed by atoms with Gasteiger partial charge in [-0.25, -0.2) is 4.98 Å². The first-order valence-corrected chi connectivity index (χ1v) is 9.93. The molecule has 0 atom stereocenters. The number of hydrogen-bond acceptors (Lipinski definition) is 3. The molecule has 3 aromatic carbocycles. The topological polar surface area (TPSA) is 33.2 Å². The molecular weight excluding hydrogens is 364 g/mol. The Morgan fingerprint density at radius 2 is 1.61 bits per heavy atom. The van der Waals surface area contributed by atoms with Gasteiger partial charge in [0.2, 0.25) is 0 Å². The van der Waals surface area contributed by atoms with E-state index in [2.05, 4.69) is 6.07 Å². The Morgan fingerprint density at radius 1 is 0.929 bits per heavy atom. The van der Waals surface area contributed by atoms with Gasteiger partial charge in [-0.1, -0.05) is 59.9 Å². The van der Waals surface area contributed by atoms with Crippen LogP contribution in [0.25, 0.3) is 16.3 Å². The molecule has 0 aliphatic heterocycles. The van der Waals surface area contributed by atoms with Gasteiger partial charge >= 0.3 is 0 Å². The van der Waals surface area contributed by atoms with Crippen LogP contribution in [0.1, 0.15) is 16.7 Å². The van der Waals surface area contributed by atoms with Crippen molar-refractivity contribution in [2.75, 3.05) is 4.90 Å². The molecule has 0 N–H and O–H groups in total. The van der Waals surface area contributed by atoms with Crippen LogP contribution in [0.15, 0.2) is 78.9 Å². The largest absolute Gasteiger partial charge is 0.269 e. The van der Waals surface area contributed by atoms with Crippen LogP contribution in [-0.2, 0) is 4.79 Å². The fourth-order valence-electron chi connectivity index (χ4n) is 3.17. The number of carbonyl (C=O) groups excluding carboxylic acids is 1. The average molecular weight is 385 g/mol. The summed E-state index contributed by atoms with van der Waals surface area (Å²) in [6.07, 6.45) is 3.45. The highest BCUT2D eigenvalue weighted by Gasteiger charge is 2.20. The van der Waals surface area contributed by atoms with Crippen molar-refractivity contribution in [1.82, 2.24) is 4.98 Å². The zero-order valence-corrected chi connectivity index (χ0v) is 16.6. The quantitative estimate of drug-likeness (QED) is 0.387. The van der Waals surface area contributed by atoms with E-state index in [4.69, 9.17) is 4.98 Å². The molecule has 0 unspecified atom stereocenters. The van der Waals surface area contributed by atoms with Crippen LogP contribution in [0, 0.1) is 13.8 Å². The van der Waals surface area contributed by atoms with Crippen molar-refractivity contribution in [2.24, 2.45) is 0 Å². The summed E-state index contributed by atoms with van der Waals surface area (Å²) in [6.45, 7) is 4.08. The minimum atomic E-state index is -0.118. The van der Waals surface area contributed by atoms with E-state index < -0.39 is 0 Å². The summed E-state index contributed by atoms with van der Waals surface area (Å²) in [4.78, 5) is 19.6. The summed E-state index contributed by atoms with van der Waals surface area (Å²) < 4.78 is 1.06. The lowest BCUT2D eigenvalue weighted by atomic mass is 10.1. The first kappa shape index (κ1) is 18.1. The molecule has 1 aromatic heterocycles. The Kier molecular flexibility index (Phi) is 5.04. The van der Waals surface area contributed by atoms with Crippen molar-refractivity contribution in [3.05, 3.63) is 95.6 Å². The fraction of sp³-hybridized carbons (Fsp3) is 0.0833. The monoisotopic (exact) mass is 384 g/mol. The second-order valence-electron chi connectivity index (χ2n) is 6.73. The van der Waals surface area contributed by atoms with E-state index in [0.29, 0.717) is 5.13 Å². The second kappa shape index (κ2) is 7.79. The molecule has 1 amide bonds. The fourth-order valence-corrected chi connectivity index (χ4v) is 4.17. The number of benzene rings is 3. The normalized spacial score (nSPS) is 11.2. The Hall–Kier alpha value is -3.24. The van der Waals surface area contributed by atoms with E-state index in [0.717, 1.165) is 32.6 Å². The van der Waals surface area contributed by atoms with Crippen molar-refractivity contribution in [2.45, 2.75) is 13.8 Å². The third-order valence-electron chi connectivity index (χ3n) is 4.38. The summed E-state index contributed by atoms with van der Waals surface area (Å²) in [5.41, 5.74) is 4.94. The van der Waals surface area contributed by atoms with E-state index in [-0.39, 0.29) is 5.91 Å². The van der Waals surface area contributed by atoms with E-state index in [1.165, 1.54) is 11.3 Å². The van der Waals surface area contributed by atoms with Gasteiger partial charge in [0.15, 0.2) is 5.13 Å². The van der Waals surface area contributed by atoms with Crippen molar-refractivity contribution in [3.63, 3.8) is 0 Å². The molecule has 1 heterocycles. The first-order valence-electron chi connectivity index (χ1n) is 9.11. The minimum absolute atomic E-state index is 0.118. The van der Waals surface area contributed by atoms with Crippen LogP contribution in [0.3, 0.4) is 0 Å². The van der Waals surface area contributed by atoms with Crippen molar-refractivity contribution in [1.29, 1.82) is 0 Å². The molecule has 3 nitrogen and oxygen atoms in total. The summed E-state index contributed by atoms with van der Waals surface area (Å²) in [5.74, 6) is -0.118. The lowest BCUT2D eigenvalue weighted by Gasteiger charge is -2.19. The highest BCUT2D eigenvalue weighted by Crippen LogP contribution is 2.34. The van der Waals surface area contributed by atoms with Crippen molar-refractivity contribution in [3.8, 4) is 0 Å². The molecule has 0 fully saturated rings. The zero-order chi connectivity index (χ0) is 19.5. The van der Waals surface area contributed by atoms with E-state index in [1.807, 2.05) is 86.7 Å². The number of rotatable bonds is 4. The number of anilines is 2.